The van der Waals surface area contributed by atoms with Crippen molar-refractivity contribution >= 4 is 5.97 Å². The Bertz CT molecular complexity index is 679. The molecule has 8 atom stereocenters. The van der Waals surface area contributed by atoms with Crippen molar-refractivity contribution in [3.8, 4) is 6.07 Å². The van der Waals surface area contributed by atoms with E-state index in [4.69, 9.17) is 4.74 Å². The average molecular weight is 357 g/mol. The van der Waals surface area contributed by atoms with Gasteiger partial charge in [0.25, 0.3) is 0 Å². The number of nitriles is 1. The maximum absolute atomic E-state index is 11.5. The molecule has 4 rings (SSSR count). The Morgan fingerprint density at radius 3 is 2.77 bits per heavy atom. The normalized spacial score (nSPS) is 49.9. The summed E-state index contributed by atoms with van der Waals surface area (Å²) in [5.41, 5.74) is 1.51. The second-order valence-corrected chi connectivity index (χ2v) is 9.69. The van der Waals surface area contributed by atoms with Crippen LogP contribution in [0.25, 0.3) is 0 Å². The van der Waals surface area contributed by atoms with E-state index in [-0.39, 0.29) is 34.9 Å². The number of esters is 1. The fraction of sp³-hybridized carbons (Fsp3) is 0.818. The SMILES string of the molecule is CC(=O)OC1CC2=CC[C@@H]3[C@@H](CC[C@]4(C)C(O)CC[C@@H]34)[C@@]2(C)CC1C#N. The number of aliphatic hydroxyl groups excluding tert-OH is 1. The minimum absolute atomic E-state index is 0.0365. The molecule has 0 heterocycles. The van der Waals surface area contributed by atoms with Crippen LogP contribution in [0.15, 0.2) is 11.6 Å². The van der Waals surface area contributed by atoms with Crippen LogP contribution >= 0.6 is 0 Å². The van der Waals surface area contributed by atoms with E-state index in [1.54, 1.807) is 0 Å². The van der Waals surface area contributed by atoms with Crippen molar-refractivity contribution in [1.29, 1.82) is 5.26 Å². The first-order valence-electron chi connectivity index (χ1n) is 10.2. The van der Waals surface area contributed by atoms with Gasteiger partial charge in [-0.05, 0) is 67.1 Å². The zero-order valence-electron chi connectivity index (χ0n) is 16.2. The molecule has 1 N–H and O–H groups in total. The van der Waals surface area contributed by atoms with Gasteiger partial charge in [-0.3, -0.25) is 4.79 Å². The van der Waals surface area contributed by atoms with Gasteiger partial charge in [-0.1, -0.05) is 25.5 Å². The molecule has 0 aromatic rings. The predicted octanol–water partition coefficient (Wildman–Crippen LogP) is 3.99. The lowest BCUT2D eigenvalue weighted by Gasteiger charge is -2.58. The fourth-order valence-corrected chi connectivity index (χ4v) is 7.14. The van der Waals surface area contributed by atoms with Gasteiger partial charge in [-0.15, -0.1) is 0 Å². The zero-order valence-corrected chi connectivity index (χ0v) is 16.2. The molecule has 0 bridgehead atoms. The summed E-state index contributed by atoms with van der Waals surface area (Å²) in [4.78, 5) is 11.5. The highest BCUT2D eigenvalue weighted by molar-refractivity contribution is 5.66. The van der Waals surface area contributed by atoms with Gasteiger partial charge in [0.05, 0.1) is 18.1 Å². The number of ether oxygens (including phenoxy) is 1. The molecule has 4 nitrogen and oxygen atoms in total. The summed E-state index contributed by atoms with van der Waals surface area (Å²) in [6.07, 6.45) is 8.82. The molecule has 0 spiro atoms. The molecule has 0 aliphatic heterocycles. The van der Waals surface area contributed by atoms with Gasteiger partial charge in [-0.25, -0.2) is 0 Å². The van der Waals surface area contributed by atoms with Gasteiger partial charge >= 0.3 is 5.97 Å². The van der Waals surface area contributed by atoms with Crippen molar-refractivity contribution in [2.45, 2.75) is 77.9 Å². The van der Waals surface area contributed by atoms with Crippen LogP contribution in [0.4, 0.5) is 0 Å². The summed E-state index contributed by atoms with van der Waals surface area (Å²) >= 11 is 0. The molecule has 26 heavy (non-hydrogen) atoms. The number of rotatable bonds is 1. The van der Waals surface area contributed by atoms with Crippen LogP contribution in [0, 0.1) is 45.8 Å². The Morgan fingerprint density at radius 2 is 2.08 bits per heavy atom. The Kier molecular flexibility index (Phi) is 4.23. The minimum atomic E-state index is -0.296. The van der Waals surface area contributed by atoms with E-state index in [0.29, 0.717) is 24.2 Å². The van der Waals surface area contributed by atoms with Crippen molar-refractivity contribution in [3.63, 3.8) is 0 Å². The standard InChI is InChI=1S/C22H31NO3/c1-13(24)26-19-10-15-4-5-16-17-6-7-20(25)21(17,2)9-8-18(16)22(15,3)11-14(19)12-23/h4,14,16-20,25H,5-11H2,1-3H3/t14?,16-,17-,18+,19?,20?,21-,22-/m0/s1. The molecule has 0 radical (unpaired) electrons. The average Bonchev–Trinajstić information content (AvgIpc) is 2.89. The topological polar surface area (TPSA) is 70.3 Å². The van der Waals surface area contributed by atoms with Crippen LogP contribution in [0.3, 0.4) is 0 Å². The van der Waals surface area contributed by atoms with Crippen molar-refractivity contribution in [2.24, 2.45) is 34.5 Å². The van der Waals surface area contributed by atoms with Gasteiger partial charge in [0.15, 0.2) is 0 Å². The zero-order chi connectivity index (χ0) is 18.7. The first kappa shape index (κ1) is 18.0. The fourth-order valence-electron chi connectivity index (χ4n) is 7.14. The van der Waals surface area contributed by atoms with Gasteiger partial charge in [-0.2, -0.15) is 5.26 Å². The van der Waals surface area contributed by atoms with Crippen molar-refractivity contribution in [2.75, 3.05) is 0 Å². The molecule has 0 saturated heterocycles. The largest absolute Gasteiger partial charge is 0.461 e. The number of carbonyl (C=O) groups is 1. The van der Waals surface area contributed by atoms with E-state index in [2.05, 4.69) is 26.0 Å². The molecule has 4 heteroatoms. The maximum atomic E-state index is 11.5. The molecule has 3 unspecified atom stereocenters. The summed E-state index contributed by atoms with van der Waals surface area (Å²) in [7, 11) is 0. The summed E-state index contributed by atoms with van der Waals surface area (Å²) in [6.45, 7) is 6.07. The van der Waals surface area contributed by atoms with Gasteiger partial charge in [0.2, 0.25) is 0 Å². The first-order chi connectivity index (χ1) is 12.3. The number of carbonyl (C=O) groups excluding carboxylic acids is 1. The molecule has 142 valence electrons. The van der Waals surface area contributed by atoms with E-state index in [1.807, 2.05) is 0 Å². The molecule has 0 aromatic carbocycles. The number of hydrogen-bond donors (Lipinski definition) is 1. The molecular formula is C22H31NO3. The smallest absolute Gasteiger partial charge is 0.302 e. The Morgan fingerprint density at radius 1 is 1.31 bits per heavy atom. The molecule has 4 aliphatic carbocycles. The van der Waals surface area contributed by atoms with Crippen LogP contribution in [0.1, 0.15) is 65.7 Å². The van der Waals surface area contributed by atoms with Gasteiger partial charge in [0.1, 0.15) is 6.10 Å². The lowest BCUT2D eigenvalue weighted by atomic mass is 9.47. The summed E-state index contributed by atoms with van der Waals surface area (Å²) in [6, 6.07) is 2.43. The summed E-state index contributed by atoms with van der Waals surface area (Å²) < 4.78 is 5.49. The first-order valence-corrected chi connectivity index (χ1v) is 10.2. The van der Waals surface area contributed by atoms with E-state index in [1.165, 1.54) is 12.5 Å². The Balaban J connectivity index is 1.64. The number of aliphatic hydroxyl groups is 1. The minimum Gasteiger partial charge on any atom is -0.461 e. The lowest BCUT2D eigenvalue weighted by Crippen LogP contribution is -2.52. The number of fused-ring (bicyclic) bond motifs is 5. The molecule has 0 amide bonds. The van der Waals surface area contributed by atoms with Crippen molar-refractivity contribution < 1.29 is 14.6 Å². The lowest BCUT2D eigenvalue weighted by molar-refractivity contribution is -0.151. The van der Waals surface area contributed by atoms with Crippen LogP contribution in [0.2, 0.25) is 0 Å². The quantitative estimate of drug-likeness (QED) is 0.569. The third kappa shape index (κ3) is 2.47. The van der Waals surface area contributed by atoms with Crippen molar-refractivity contribution in [1.82, 2.24) is 0 Å². The highest BCUT2D eigenvalue weighted by Gasteiger charge is 2.59. The van der Waals surface area contributed by atoms with Gasteiger partial charge in [0, 0.05) is 13.3 Å². The molecule has 0 aromatic heterocycles. The molecular weight excluding hydrogens is 326 g/mol. The second-order valence-electron chi connectivity index (χ2n) is 9.69. The van der Waals surface area contributed by atoms with Crippen LogP contribution in [-0.2, 0) is 9.53 Å². The molecule has 3 saturated carbocycles. The van der Waals surface area contributed by atoms with E-state index in [9.17, 15) is 15.2 Å². The van der Waals surface area contributed by atoms with Crippen LogP contribution in [0.5, 0.6) is 0 Å². The number of nitrogens with zero attached hydrogens (tertiary/aromatic N) is 1. The second kappa shape index (κ2) is 6.09. The predicted molar refractivity (Wildman–Crippen MR) is 97.7 cm³/mol. The Labute approximate surface area is 156 Å². The van der Waals surface area contributed by atoms with Gasteiger partial charge < -0.3 is 9.84 Å². The number of hydrogen-bond acceptors (Lipinski definition) is 4. The van der Waals surface area contributed by atoms with E-state index < -0.39 is 0 Å². The van der Waals surface area contributed by atoms with Crippen LogP contribution in [-0.4, -0.2) is 23.3 Å². The highest BCUT2D eigenvalue weighted by atomic mass is 16.5. The third-order valence-electron chi connectivity index (χ3n) is 8.57. The maximum Gasteiger partial charge on any atom is 0.302 e. The molecule has 4 aliphatic rings. The summed E-state index contributed by atoms with van der Waals surface area (Å²) in [5, 5.41) is 20.3. The number of allylic oxidation sites excluding steroid dienone is 1. The summed E-state index contributed by atoms with van der Waals surface area (Å²) in [5.74, 6) is 1.28. The van der Waals surface area contributed by atoms with E-state index in [0.717, 1.165) is 38.5 Å². The monoisotopic (exact) mass is 357 g/mol. The van der Waals surface area contributed by atoms with Crippen molar-refractivity contribution in [3.05, 3.63) is 11.6 Å². The van der Waals surface area contributed by atoms with Crippen LogP contribution < -0.4 is 0 Å². The van der Waals surface area contributed by atoms with E-state index >= 15 is 0 Å². The third-order valence-corrected chi connectivity index (χ3v) is 8.57. The highest BCUT2D eigenvalue weighted by Crippen LogP contribution is 2.65. The molecule has 3 fully saturated rings. The Hall–Kier alpha value is -1.34.